The molecule has 1 fully saturated rings. The summed E-state index contributed by atoms with van der Waals surface area (Å²) in [6.07, 6.45) is 4.03. The van der Waals surface area contributed by atoms with Gasteiger partial charge in [-0.2, -0.15) is 5.10 Å². The first-order chi connectivity index (χ1) is 5.34. The van der Waals surface area contributed by atoms with Crippen LogP contribution in [0.15, 0.2) is 17.1 Å². The Morgan fingerprint density at radius 1 is 1.64 bits per heavy atom. The van der Waals surface area contributed by atoms with Crippen molar-refractivity contribution in [3.8, 4) is 0 Å². The molecule has 0 bridgehead atoms. The Hall–Kier alpha value is -1.32. The molecule has 58 valence electrons. The minimum absolute atomic E-state index is 0.157. The number of aromatic amines is 1. The second kappa shape index (κ2) is 2.38. The van der Waals surface area contributed by atoms with Crippen molar-refractivity contribution in [1.29, 1.82) is 0 Å². The maximum Gasteiger partial charge on any atom is 0.266 e. The van der Waals surface area contributed by atoms with Crippen LogP contribution in [0.1, 0.15) is 12.8 Å². The second-order valence-corrected chi connectivity index (χ2v) is 2.75. The highest BCUT2D eigenvalue weighted by Gasteiger charge is 2.20. The SMILES string of the molecule is O=c1cc(NC2CC2)cn[nH]1. The average Bonchev–Trinajstić information content (AvgIpc) is 2.71. The number of aromatic nitrogens is 2. The molecule has 0 saturated heterocycles. The van der Waals surface area contributed by atoms with Crippen LogP contribution in [0.25, 0.3) is 0 Å². The van der Waals surface area contributed by atoms with Crippen LogP contribution in [0, 0.1) is 0 Å². The molecule has 0 aromatic carbocycles. The molecule has 1 heterocycles. The number of nitrogens with zero attached hydrogens (tertiary/aromatic N) is 1. The number of H-pyrrole nitrogens is 1. The van der Waals surface area contributed by atoms with Crippen molar-refractivity contribution in [1.82, 2.24) is 10.2 Å². The zero-order chi connectivity index (χ0) is 7.68. The lowest BCUT2D eigenvalue weighted by Gasteiger charge is -2.00. The molecule has 0 spiro atoms. The van der Waals surface area contributed by atoms with Gasteiger partial charge in [-0.15, -0.1) is 0 Å². The monoisotopic (exact) mass is 151 g/mol. The van der Waals surface area contributed by atoms with Crippen molar-refractivity contribution in [3.63, 3.8) is 0 Å². The first-order valence-corrected chi connectivity index (χ1v) is 3.66. The van der Waals surface area contributed by atoms with E-state index in [1.54, 1.807) is 6.20 Å². The van der Waals surface area contributed by atoms with E-state index < -0.39 is 0 Å². The van der Waals surface area contributed by atoms with E-state index in [0.717, 1.165) is 5.69 Å². The van der Waals surface area contributed by atoms with E-state index in [-0.39, 0.29) is 5.56 Å². The minimum atomic E-state index is -0.157. The fourth-order valence-corrected chi connectivity index (χ4v) is 0.919. The molecule has 2 rings (SSSR count). The van der Waals surface area contributed by atoms with Gasteiger partial charge in [0, 0.05) is 12.1 Å². The normalized spacial score (nSPS) is 16.4. The molecule has 4 nitrogen and oxygen atoms in total. The molecule has 1 aliphatic rings. The quantitative estimate of drug-likeness (QED) is 0.641. The van der Waals surface area contributed by atoms with Crippen molar-refractivity contribution in [3.05, 3.63) is 22.6 Å². The van der Waals surface area contributed by atoms with Gasteiger partial charge in [-0.3, -0.25) is 4.79 Å². The standard InChI is InChI=1S/C7H9N3O/c11-7-3-6(4-8-10-7)9-5-1-2-5/h3-5H,1-2H2,(H2,9,10,11). The Kier molecular flexibility index (Phi) is 1.38. The average molecular weight is 151 g/mol. The Morgan fingerprint density at radius 2 is 2.45 bits per heavy atom. The van der Waals surface area contributed by atoms with Crippen LogP contribution in [0.3, 0.4) is 0 Å². The number of hydrogen-bond donors (Lipinski definition) is 2. The lowest BCUT2D eigenvalue weighted by molar-refractivity contribution is 0.981. The predicted molar refractivity (Wildman–Crippen MR) is 41.5 cm³/mol. The lowest BCUT2D eigenvalue weighted by atomic mass is 10.4. The van der Waals surface area contributed by atoms with Gasteiger partial charge in [0.2, 0.25) is 0 Å². The molecule has 4 heteroatoms. The van der Waals surface area contributed by atoms with Crippen LogP contribution in [-0.4, -0.2) is 16.2 Å². The Morgan fingerprint density at radius 3 is 3.09 bits per heavy atom. The molecular formula is C7H9N3O. The van der Waals surface area contributed by atoms with Gasteiger partial charge >= 0.3 is 0 Å². The van der Waals surface area contributed by atoms with E-state index in [2.05, 4.69) is 15.5 Å². The molecule has 1 aromatic heterocycles. The van der Waals surface area contributed by atoms with Gasteiger partial charge < -0.3 is 5.32 Å². The maximum absolute atomic E-state index is 10.7. The van der Waals surface area contributed by atoms with Crippen molar-refractivity contribution in [2.45, 2.75) is 18.9 Å². The van der Waals surface area contributed by atoms with Gasteiger partial charge in [-0.25, -0.2) is 5.10 Å². The summed E-state index contributed by atoms with van der Waals surface area (Å²) in [5.41, 5.74) is 0.659. The summed E-state index contributed by atoms with van der Waals surface area (Å²) in [7, 11) is 0. The molecule has 0 amide bonds. The smallest absolute Gasteiger partial charge is 0.266 e. The molecule has 11 heavy (non-hydrogen) atoms. The third kappa shape index (κ3) is 1.58. The van der Waals surface area contributed by atoms with Gasteiger partial charge in [-0.05, 0) is 12.8 Å². The van der Waals surface area contributed by atoms with Gasteiger partial charge in [0.15, 0.2) is 0 Å². The van der Waals surface area contributed by atoms with Crippen LogP contribution in [0.5, 0.6) is 0 Å². The highest BCUT2D eigenvalue weighted by Crippen LogP contribution is 2.23. The molecule has 0 radical (unpaired) electrons. The summed E-state index contributed by atoms with van der Waals surface area (Å²) in [4.78, 5) is 10.7. The van der Waals surface area contributed by atoms with Crippen molar-refractivity contribution in [2.75, 3.05) is 5.32 Å². The fraction of sp³-hybridized carbons (Fsp3) is 0.429. The molecule has 1 aromatic rings. The van der Waals surface area contributed by atoms with E-state index >= 15 is 0 Å². The number of hydrogen-bond acceptors (Lipinski definition) is 3. The molecule has 2 N–H and O–H groups in total. The number of nitrogens with one attached hydrogen (secondary N) is 2. The second-order valence-electron chi connectivity index (χ2n) is 2.75. The molecule has 0 unspecified atom stereocenters. The Labute approximate surface area is 63.6 Å². The molecule has 0 atom stereocenters. The summed E-state index contributed by atoms with van der Waals surface area (Å²) in [6.45, 7) is 0. The summed E-state index contributed by atoms with van der Waals surface area (Å²) in [5, 5.41) is 9.16. The van der Waals surface area contributed by atoms with E-state index in [4.69, 9.17) is 0 Å². The highest BCUT2D eigenvalue weighted by molar-refractivity contribution is 5.40. The molecular weight excluding hydrogens is 142 g/mol. The molecule has 0 aliphatic heterocycles. The third-order valence-corrected chi connectivity index (χ3v) is 1.61. The van der Waals surface area contributed by atoms with Gasteiger partial charge in [0.25, 0.3) is 5.56 Å². The largest absolute Gasteiger partial charge is 0.381 e. The van der Waals surface area contributed by atoms with Gasteiger partial charge in [0.1, 0.15) is 0 Å². The van der Waals surface area contributed by atoms with Crippen molar-refractivity contribution < 1.29 is 0 Å². The number of rotatable bonds is 2. The van der Waals surface area contributed by atoms with E-state index in [9.17, 15) is 4.79 Å². The van der Waals surface area contributed by atoms with Crippen LogP contribution >= 0.6 is 0 Å². The number of anilines is 1. The highest BCUT2D eigenvalue weighted by atomic mass is 16.1. The summed E-state index contributed by atoms with van der Waals surface area (Å²) >= 11 is 0. The van der Waals surface area contributed by atoms with Crippen LogP contribution in [0.4, 0.5) is 5.69 Å². The van der Waals surface area contributed by atoms with Crippen molar-refractivity contribution >= 4 is 5.69 Å². The molecule has 1 aliphatic carbocycles. The third-order valence-electron chi connectivity index (χ3n) is 1.61. The Balaban J connectivity index is 2.16. The maximum atomic E-state index is 10.7. The fourth-order valence-electron chi connectivity index (χ4n) is 0.919. The van der Waals surface area contributed by atoms with Crippen LogP contribution < -0.4 is 10.9 Å². The van der Waals surface area contributed by atoms with Gasteiger partial charge in [-0.1, -0.05) is 0 Å². The van der Waals surface area contributed by atoms with Crippen LogP contribution in [-0.2, 0) is 0 Å². The predicted octanol–water partition coefficient (Wildman–Crippen LogP) is 0.344. The molecule has 1 saturated carbocycles. The topological polar surface area (TPSA) is 57.8 Å². The first kappa shape index (κ1) is 6.39. The van der Waals surface area contributed by atoms with Gasteiger partial charge in [0.05, 0.1) is 11.9 Å². The summed E-state index contributed by atoms with van der Waals surface area (Å²) in [6, 6.07) is 2.09. The van der Waals surface area contributed by atoms with Crippen molar-refractivity contribution in [2.24, 2.45) is 0 Å². The van der Waals surface area contributed by atoms with E-state index in [1.807, 2.05) is 0 Å². The first-order valence-electron chi connectivity index (χ1n) is 3.66. The summed E-state index contributed by atoms with van der Waals surface area (Å²) in [5.74, 6) is 0. The zero-order valence-corrected chi connectivity index (χ0v) is 6.00. The van der Waals surface area contributed by atoms with E-state index in [0.29, 0.717) is 6.04 Å². The lowest BCUT2D eigenvalue weighted by Crippen LogP contribution is -2.09. The van der Waals surface area contributed by atoms with Crippen LogP contribution in [0.2, 0.25) is 0 Å². The zero-order valence-electron chi connectivity index (χ0n) is 6.00. The van der Waals surface area contributed by atoms with E-state index in [1.165, 1.54) is 18.9 Å². The minimum Gasteiger partial charge on any atom is -0.381 e. The Bertz CT molecular complexity index is 303. The summed E-state index contributed by atoms with van der Waals surface area (Å²) < 4.78 is 0.